The molecule has 1 aromatic carbocycles. The van der Waals surface area contributed by atoms with Crippen molar-refractivity contribution < 1.29 is 14.6 Å². The lowest BCUT2D eigenvalue weighted by molar-refractivity contribution is 0.0996. The Morgan fingerprint density at radius 2 is 2.21 bits per heavy atom. The van der Waals surface area contributed by atoms with E-state index >= 15 is 0 Å². The number of carbonyl (C=O) groups excluding carboxylic acids is 1. The molecular weight excluding hydrogens is 184 g/mol. The summed E-state index contributed by atoms with van der Waals surface area (Å²) < 4.78 is 5.17. The molecular formula is C9H12N2O3. The van der Waals surface area contributed by atoms with Crippen molar-refractivity contribution in [3.63, 3.8) is 0 Å². The summed E-state index contributed by atoms with van der Waals surface area (Å²) >= 11 is 0. The number of hydrogen-bond donors (Lipinski definition) is 3. The zero-order chi connectivity index (χ0) is 10.6. The highest BCUT2D eigenvalue weighted by Gasteiger charge is 2.09. The normalized spacial score (nSPS) is 9.79. The van der Waals surface area contributed by atoms with E-state index in [0.717, 1.165) is 0 Å². The van der Waals surface area contributed by atoms with Crippen LogP contribution in [0.4, 0.5) is 0 Å². The van der Waals surface area contributed by atoms with E-state index in [1.165, 1.54) is 18.2 Å². The van der Waals surface area contributed by atoms with E-state index in [4.69, 9.17) is 21.3 Å². The topological polar surface area (TPSA) is 98.6 Å². The van der Waals surface area contributed by atoms with Gasteiger partial charge in [-0.15, -0.1) is 0 Å². The number of carbonyl (C=O) groups is 1. The number of nitrogens with two attached hydrogens (primary N) is 2. The Morgan fingerprint density at radius 3 is 2.79 bits per heavy atom. The molecule has 0 aliphatic rings. The number of amides is 1. The monoisotopic (exact) mass is 196 g/mol. The highest BCUT2D eigenvalue weighted by Crippen LogP contribution is 2.22. The molecule has 1 rings (SSSR count). The Morgan fingerprint density at radius 1 is 1.50 bits per heavy atom. The van der Waals surface area contributed by atoms with Gasteiger partial charge in [0.05, 0.1) is 5.56 Å². The lowest BCUT2D eigenvalue weighted by Gasteiger charge is -2.08. The van der Waals surface area contributed by atoms with Gasteiger partial charge in [0.2, 0.25) is 0 Å². The molecule has 1 aromatic rings. The molecule has 0 saturated heterocycles. The maximum Gasteiger partial charge on any atom is 0.252 e. The first-order valence-corrected chi connectivity index (χ1v) is 4.11. The molecule has 5 N–H and O–H groups in total. The third-order valence-electron chi connectivity index (χ3n) is 1.60. The number of primary amides is 1. The van der Waals surface area contributed by atoms with Crippen LogP contribution < -0.4 is 16.2 Å². The Kier molecular flexibility index (Phi) is 3.30. The van der Waals surface area contributed by atoms with Crippen molar-refractivity contribution in [2.24, 2.45) is 11.5 Å². The summed E-state index contributed by atoms with van der Waals surface area (Å²) in [5, 5.41) is 9.12. The Balaban J connectivity index is 2.96. The van der Waals surface area contributed by atoms with Crippen molar-refractivity contribution in [3.8, 4) is 11.5 Å². The third kappa shape index (κ3) is 2.37. The van der Waals surface area contributed by atoms with Crippen molar-refractivity contribution >= 4 is 5.91 Å². The van der Waals surface area contributed by atoms with Gasteiger partial charge in [-0.1, -0.05) is 0 Å². The molecule has 0 aromatic heterocycles. The van der Waals surface area contributed by atoms with Gasteiger partial charge in [0.25, 0.3) is 5.91 Å². The van der Waals surface area contributed by atoms with Crippen LogP contribution >= 0.6 is 0 Å². The maximum atomic E-state index is 10.9. The summed E-state index contributed by atoms with van der Waals surface area (Å²) in [6.07, 6.45) is 0. The van der Waals surface area contributed by atoms with Gasteiger partial charge < -0.3 is 21.3 Å². The molecule has 5 nitrogen and oxygen atoms in total. The van der Waals surface area contributed by atoms with Crippen LogP contribution in [0.1, 0.15) is 10.4 Å². The molecule has 5 heteroatoms. The predicted molar refractivity (Wildman–Crippen MR) is 51.2 cm³/mol. The molecule has 76 valence electrons. The minimum absolute atomic E-state index is 0.0288. The largest absolute Gasteiger partial charge is 0.508 e. The molecule has 0 bridgehead atoms. The average molecular weight is 196 g/mol. The van der Waals surface area contributed by atoms with Gasteiger partial charge in [0.15, 0.2) is 0 Å². The summed E-state index contributed by atoms with van der Waals surface area (Å²) in [6, 6.07) is 4.15. The summed E-state index contributed by atoms with van der Waals surface area (Å²) in [5.74, 6) is -0.340. The minimum Gasteiger partial charge on any atom is -0.508 e. The van der Waals surface area contributed by atoms with E-state index in [1.54, 1.807) is 0 Å². The van der Waals surface area contributed by atoms with E-state index in [-0.39, 0.29) is 11.3 Å². The second-order valence-electron chi connectivity index (χ2n) is 2.68. The molecule has 0 unspecified atom stereocenters. The standard InChI is InChI=1S/C9H12N2O3/c10-3-4-14-8-2-1-6(12)5-7(8)9(11)13/h1-2,5,12H,3-4,10H2,(H2,11,13). The van der Waals surface area contributed by atoms with Crippen molar-refractivity contribution in [3.05, 3.63) is 23.8 Å². The fourth-order valence-electron chi connectivity index (χ4n) is 1.01. The van der Waals surface area contributed by atoms with Gasteiger partial charge >= 0.3 is 0 Å². The van der Waals surface area contributed by atoms with Crippen molar-refractivity contribution in [1.29, 1.82) is 0 Å². The maximum absolute atomic E-state index is 10.9. The van der Waals surface area contributed by atoms with Crippen LogP contribution in [0.2, 0.25) is 0 Å². The van der Waals surface area contributed by atoms with Crippen LogP contribution in [0.15, 0.2) is 18.2 Å². The molecule has 0 radical (unpaired) electrons. The molecule has 0 heterocycles. The third-order valence-corrected chi connectivity index (χ3v) is 1.60. The minimum atomic E-state index is -0.645. The van der Waals surface area contributed by atoms with Gasteiger partial charge in [-0.3, -0.25) is 4.79 Å². The van der Waals surface area contributed by atoms with Crippen LogP contribution in [-0.4, -0.2) is 24.2 Å². The second-order valence-corrected chi connectivity index (χ2v) is 2.68. The quantitative estimate of drug-likeness (QED) is 0.622. The zero-order valence-corrected chi connectivity index (χ0v) is 7.56. The molecule has 0 fully saturated rings. The number of benzene rings is 1. The molecule has 0 aliphatic carbocycles. The number of aromatic hydroxyl groups is 1. The second kappa shape index (κ2) is 4.48. The van der Waals surface area contributed by atoms with Gasteiger partial charge in [-0.25, -0.2) is 0 Å². The molecule has 1 amide bonds. The average Bonchev–Trinajstić information content (AvgIpc) is 2.15. The van der Waals surface area contributed by atoms with Crippen LogP contribution in [0.3, 0.4) is 0 Å². The number of rotatable bonds is 4. The van der Waals surface area contributed by atoms with Crippen molar-refractivity contribution in [2.75, 3.05) is 13.2 Å². The Bertz CT molecular complexity index is 339. The predicted octanol–water partition coefficient (Wildman–Crippen LogP) is -0.171. The SMILES string of the molecule is NCCOc1ccc(O)cc1C(N)=O. The smallest absolute Gasteiger partial charge is 0.252 e. The summed E-state index contributed by atoms with van der Waals surface area (Å²) in [4.78, 5) is 10.9. The van der Waals surface area contributed by atoms with Crippen LogP contribution in [0.25, 0.3) is 0 Å². The van der Waals surface area contributed by atoms with Crippen LogP contribution in [0, 0.1) is 0 Å². The summed E-state index contributed by atoms with van der Waals surface area (Å²) in [7, 11) is 0. The zero-order valence-electron chi connectivity index (χ0n) is 7.56. The molecule has 0 aliphatic heterocycles. The molecule has 0 saturated carbocycles. The summed E-state index contributed by atoms with van der Waals surface area (Å²) in [6.45, 7) is 0.643. The molecule has 0 spiro atoms. The van der Waals surface area contributed by atoms with Crippen molar-refractivity contribution in [2.45, 2.75) is 0 Å². The first-order chi connectivity index (χ1) is 6.65. The first-order valence-electron chi connectivity index (χ1n) is 4.11. The molecule has 14 heavy (non-hydrogen) atoms. The number of phenols is 1. The van der Waals surface area contributed by atoms with Gasteiger partial charge in [0.1, 0.15) is 18.1 Å². The van der Waals surface area contributed by atoms with Gasteiger partial charge in [-0.05, 0) is 18.2 Å². The number of hydrogen-bond acceptors (Lipinski definition) is 4. The Hall–Kier alpha value is -1.75. The van der Waals surface area contributed by atoms with E-state index in [0.29, 0.717) is 18.9 Å². The van der Waals surface area contributed by atoms with Crippen LogP contribution in [-0.2, 0) is 0 Å². The highest BCUT2D eigenvalue weighted by molar-refractivity contribution is 5.96. The first kappa shape index (κ1) is 10.3. The fourth-order valence-corrected chi connectivity index (χ4v) is 1.01. The fraction of sp³-hybridized carbons (Fsp3) is 0.222. The van der Waals surface area contributed by atoms with Gasteiger partial charge in [0, 0.05) is 6.54 Å². The van der Waals surface area contributed by atoms with Crippen LogP contribution in [0.5, 0.6) is 11.5 Å². The number of phenolic OH excluding ortho intramolecular Hbond substituents is 1. The van der Waals surface area contributed by atoms with E-state index < -0.39 is 5.91 Å². The Labute approximate surface area is 81.3 Å². The van der Waals surface area contributed by atoms with E-state index in [2.05, 4.69) is 0 Å². The summed E-state index contributed by atoms with van der Waals surface area (Å²) in [5.41, 5.74) is 10.5. The lowest BCUT2D eigenvalue weighted by atomic mass is 10.2. The van der Waals surface area contributed by atoms with Crippen molar-refractivity contribution in [1.82, 2.24) is 0 Å². The highest BCUT2D eigenvalue weighted by atomic mass is 16.5. The molecule has 0 atom stereocenters. The lowest BCUT2D eigenvalue weighted by Crippen LogP contribution is -2.16. The number of ether oxygens (including phenoxy) is 1. The van der Waals surface area contributed by atoms with Gasteiger partial charge in [-0.2, -0.15) is 0 Å². The van der Waals surface area contributed by atoms with E-state index in [1.807, 2.05) is 0 Å². The van der Waals surface area contributed by atoms with E-state index in [9.17, 15) is 4.79 Å².